The van der Waals surface area contributed by atoms with Gasteiger partial charge in [-0.25, -0.2) is 4.99 Å². The van der Waals surface area contributed by atoms with E-state index in [9.17, 15) is 5.11 Å². The van der Waals surface area contributed by atoms with Gasteiger partial charge in [-0.15, -0.1) is 0 Å². The number of aliphatic hydroxyl groups is 1. The standard InChI is InChI=1S/C7H6IN3O/c8-11-4-10-6-1-2-9-3-5(6)7(11)12/h1-4,7,12H. The summed E-state index contributed by atoms with van der Waals surface area (Å²) in [5, 5.41) is 9.62. The van der Waals surface area contributed by atoms with Crippen molar-refractivity contribution in [3.8, 4) is 0 Å². The number of aliphatic imine (C=N–C) groups is 1. The third kappa shape index (κ3) is 1.18. The molecule has 5 heteroatoms. The maximum Gasteiger partial charge on any atom is 0.166 e. The molecule has 1 aromatic rings. The average Bonchev–Trinajstić information content (AvgIpc) is 2.12. The van der Waals surface area contributed by atoms with Gasteiger partial charge in [-0.2, -0.15) is 0 Å². The van der Waals surface area contributed by atoms with Crippen LogP contribution in [0.4, 0.5) is 5.69 Å². The molecule has 0 amide bonds. The van der Waals surface area contributed by atoms with Crippen molar-refractivity contribution >= 4 is 34.9 Å². The first-order valence-corrected chi connectivity index (χ1v) is 4.36. The summed E-state index contributed by atoms with van der Waals surface area (Å²) in [6.45, 7) is 0. The number of rotatable bonds is 0. The van der Waals surface area contributed by atoms with Crippen molar-refractivity contribution in [2.24, 2.45) is 4.99 Å². The molecule has 0 radical (unpaired) electrons. The minimum atomic E-state index is -0.633. The Bertz CT molecular complexity index is 328. The Hall–Kier alpha value is -0.690. The zero-order valence-electron chi connectivity index (χ0n) is 6.05. The lowest BCUT2D eigenvalue weighted by molar-refractivity contribution is 0.120. The number of hydrogen-bond acceptors (Lipinski definition) is 4. The number of aliphatic hydroxyl groups excluding tert-OH is 1. The smallest absolute Gasteiger partial charge is 0.166 e. The second kappa shape index (κ2) is 2.98. The molecular formula is C7H6IN3O. The van der Waals surface area contributed by atoms with Gasteiger partial charge in [0.05, 0.1) is 28.6 Å². The lowest BCUT2D eigenvalue weighted by Gasteiger charge is -2.23. The predicted octanol–water partition coefficient (Wildman–Crippen LogP) is 1.40. The fraction of sp³-hybridized carbons (Fsp3) is 0.143. The van der Waals surface area contributed by atoms with E-state index >= 15 is 0 Å². The minimum Gasteiger partial charge on any atom is -0.368 e. The first-order valence-electron chi connectivity index (χ1n) is 3.39. The van der Waals surface area contributed by atoms with Crippen LogP contribution in [-0.4, -0.2) is 19.5 Å². The van der Waals surface area contributed by atoms with Crippen molar-refractivity contribution in [3.05, 3.63) is 24.0 Å². The van der Waals surface area contributed by atoms with E-state index in [4.69, 9.17) is 0 Å². The van der Waals surface area contributed by atoms with Gasteiger partial charge in [0.2, 0.25) is 0 Å². The summed E-state index contributed by atoms with van der Waals surface area (Å²) in [6.07, 6.45) is 4.24. The van der Waals surface area contributed by atoms with Crippen molar-refractivity contribution in [1.29, 1.82) is 0 Å². The van der Waals surface area contributed by atoms with E-state index in [-0.39, 0.29) is 0 Å². The van der Waals surface area contributed by atoms with Crippen molar-refractivity contribution in [1.82, 2.24) is 8.10 Å². The number of aromatic nitrogens is 1. The molecule has 1 atom stereocenters. The van der Waals surface area contributed by atoms with E-state index < -0.39 is 6.23 Å². The monoisotopic (exact) mass is 275 g/mol. The molecule has 0 spiro atoms. The molecule has 1 N–H and O–H groups in total. The van der Waals surface area contributed by atoms with Crippen LogP contribution in [0.3, 0.4) is 0 Å². The molecule has 2 rings (SSSR count). The second-order valence-corrected chi connectivity index (χ2v) is 3.51. The lowest BCUT2D eigenvalue weighted by atomic mass is 10.2. The van der Waals surface area contributed by atoms with Crippen LogP contribution < -0.4 is 0 Å². The molecule has 0 saturated heterocycles. The summed E-state index contributed by atoms with van der Waals surface area (Å²) < 4.78 is 1.60. The van der Waals surface area contributed by atoms with Gasteiger partial charge in [-0.1, -0.05) is 0 Å². The number of hydrogen-bond donors (Lipinski definition) is 1. The Morgan fingerprint density at radius 1 is 1.58 bits per heavy atom. The van der Waals surface area contributed by atoms with E-state index in [1.54, 1.807) is 27.9 Å². The molecule has 1 unspecified atom stereocenters. The van der Waals surface area contributed by atoms with Crippen LogP contribution in [0.2, 0.25) is 0 Å². The van der Waals surface area contributed by atoms with Crippen LogP contribution in [0.1, 0.15) is 11.8 Å². The average molecular weight is 275 g/mol. The van der Waals surface area contributed by atoms with Crippen molar-refractivity contribution in [2.75, 3.05) is 0 Å². The molecule has 12 heavy (non-hydrogen) atoms. The predicted molar refractivity (Wildman–Crippen MR) is 53.2 cm³/mol. The summed E-state index contributed by atoms with van der Waals surface area (Å²) in [4.78, 5) is 8.04. The third-order valence-electron chi connectivity index (χ3n) is 1.65. The summed E-state index contributed by atoms with van der Waals surface area (Å²) in [7, 11) is 0. The van der Waals surface area contributed by atoms with Crippen molar-refractivity contribution < 1.29 is 5.11 Å². The number of nitrogens with zero attached hydrogens (tertiary/aromatic N) is 3. The maximum atomic E-state index is 9.62. The highest BCUT2D eigenvalue weighted by Crippen LogP contribution is 2.31. The summed E-state index contributed by atoms with van der Waals surface area (Å²) in [6, 6.07) is 1.78. The zero-order valence-corrected chi connectivity index (χ0v) is 8.21. The second-order valence-electron chi connectivity index (χ2n) is 2.40. The van der Waals surface area contributed by atoms with E-state index in [0.29, 0.717) is 0 Å². The highest BCUT2D eigenvalue weighted by atomic mass is 127. The normalized spacial score (nSPS) is 20.8. The number of pyridine rings is 1. The van der Waals surface area contributed by atoms with E-state index in [1.807, 2.05) is 22.9 Å². The Morgan fingerprint density at radius 2 is 2.42 bits per heavy atom. The van der Waals surface area contributed by atoms with Gasteiger partial charge in [0.15, 0.2) is 6.23 Å². The lowest BCUT2D eigenvalue weighted by Crippen LogP contribution is -2.19. The van der Waals surface area contributed by atoms with Gasteiger partial charge in [0.25, 0.3) is 0 Å². The SMILES string of the molecule is OC1c2cnccc2N=CN1I. The molecule has 0 bridgehead atoms. The number of halogens is 1. The van der Waals surface area contributed by atoms with E-state index in [2.05, 4.69) is 9.98 Å². The Balaban J connectivity index is 2.52. The van der Waals surface area contributed by atoms with Gasteiger partial charge >= 0.3 is 0 Å². The number of fused-ring (bicyclic) bond motifs is 1. The van der Waals surface area contributed by atoms with E-state index in [1.165, 1.54) is 0 Å². The highest BCUT2D eigenvalue weighted by molar-refractivity contribution is 14.1. The van der Waals surface area contributed by atoms with Crippen molar-refractivity contribution in [2.45, 2.75) is 6.23 Å². The molecule has 2 heterocycles. The van der Waals surface area contributed by atoms with Gasteiger partial charge in [0.1, 0.15) is 6.34 Å². The van der Waals surface area contributed by atoms with Crippen LogP contribution in [0.5, 0.6) is 0 Å². The van der Waals surface area contributed by atoms with Crippen LogP contribution >= 0.6 is 22.9 Å². The van der Waals surface area contributed by atoms with E-state index in [0.717, 1.165) is 11.3 Å². The molecule has 1 aromatic heterocycles. The minimum absolute atomic E-state index is 0.633. The molecule has 0 saturated carbocycles. The Labute approximate surface area is 83.4 Å². The molecule has 4 nitrogen and oxygen atoms in total. The summed E-state index contributed by atoms with van der Waals surface area (Å²) >= 11 is 1.99. The quantitative estimate of drug-likeness (QED) is 0.575. The fourth-order valence-corrected chi connectivity index (χ4v) is 1.45. The molecule has 1 aliphatic heterocycles. The van der Waals surface area contributed by atoms with Gasteiger partial charge in [-0.3, -0.25) is 8.10 Å². The van der Waals surface area contributed by atoms with Crippen LogP contribution in [0.25, 0.3) is 0 Å². The maximum absolute atomic E-state index is 9.62. The topological polar surface area (TPSA) is 48.7 Å². The first-order chi connectivity index (χ1) is 5.79. The third-order valence-corrected chi connectivity index (χ3v) is 2.42. The van der Waals surface area contributed by atoms with Gasteiger partial charge in [0, 0.05) is 18.0 Å². The van der Waals surface area contributed by atoms with Crippen molar-refractivity contribution in [3.63, 3.8) is 0 Å². The van der Waals surface area contributed by atoms with Crippen LogP contribution in [-0.2, 0) is 0 Å². The summed E-state index contributed by atoms with van der Waals surface area (Å²) in [5.74, 6) is 0. The summed E-state index contributed by atoms with van der Waals surface area (Å²) in [5.41, 5.74) is 1.53. The highest BCUT2D eigenvalue weighted by Gasteiger charge is 2.19. The Morgan fingerprint density at radius 3 is 3.25 bits per heavy atom. The Kier molecular flexibility index (Phi) is 1.97. The zero-order chi connectivity index (χ0) is 8.55. The van der Waals surface area contributed by atoms with Gasteiger partial charge in [-0.05, 0) is 6.07 Å². The fourth-order valence-electron chi connectivity index (χ4n) is 1.03. The largest absolute Gasteiger partial charge is 0.368 e. The van der Waals surface area contributed by atoms with Crippen LogP contribution in [0, 0.1) is 0 Å². The molecular weight excluding hydrogens is 269 g/mol. The molecule has 62 valence electrons. The molecule has 0 aromatic carbocycles. The molecule has 0 aliphatic carbocycles. The van der Waals surface area contributed by atoms with Gasteiger partial charge < -0.3 is 5.11 Å². The first kappa shape index (κ1) is 7.93. The van der Waals surface area contributed by atoms with Crippen LogP contribution in [0.15, 0.2) is 23.5 Å². The molecule has 0 fully saturated rings. The molecule has 1 aliphatic rings.